The second-order valence-corrected chi connectivity index (χ2v) is 7.48. The van der Waals surface area contributed by atoms with Crippen LogP contribution >= 0.6 is 11.6 Å². The molecule has 30 heavy (non-hydrogen) atoms. The molecule has 156 valence electrons. The summed E-state index contributed by atoms with van der Waals surface area (Å²) in [5.74, 6) is 1.01. The lowest BCUT2D eigenvalue weighted by Crippen LogP contribution is -2.22. The zero-order valence-corrected chi connectivity index (χ0v) is 17.4. The molecule has 0 saturated carbocycles. The zero-order chi connectivity index (χ0) is 21.3. The molecule has 6 nitrogen and oxygen atoms in total. The van der Waals surface area contributed by atoms with Crippen molar-refractivity contribution in [3.05, 3.63) is 74.9 Å². The average molecular weight is 430 g/mol. The van der Waals surface area contributed by atoms with E-state index in [9.17, 15) is 9.18 Å². The number of ether oxygens (including phenoxy) is 2. The fraction of sp³-hybridized carbons (Fsp3) is 0.273. The van der Waals surface area contributed by atoms with Gasteiger partial charge in [-0.3, -0.25) is 4.57 Å². The van der Waals surface area contributed by atoms with E-state index in [2.05, 4.69) is 4.98 Å². The molecule has 0 atom stereocenters. The van der Waals surface area contributed by atoms with Crippen LogP contribution in [0.25, 0.3) is 0 Å². The van der Waals surface area contributed by atoms with Crippen LogP contribution in [0.15, 0.2) is 47.3 Å². The normalized spacial score (nSPS) is 12.7. The highest BCUT2D eigenvalue weighted by atomic mass is 35.5. The van der Waals surface area contributed by atoms with Crippen molar-refractivity contribution in [2.75, 3.05) is 18.5 Å². The van der Waals surface area contributed by atoms with E-state index in [1.54, 1.807) is 28.8 Å². The molecular weight excluding hydrogens is 409 g/mol. The van der Waals surface area contributed by atoms with Gasteiger partial charge < -0.3 is 14.4 Å². The number of fused-ring (bicyclic) bond motifs is 1. The number of nitrogens with zero attached hydrogens (tertiary/aromatic N) is 3. The Balaban J connectivity index is 1.45. The molecule has 0 bridgehead atoms. The first kappa shape index (κ1) is 20.2. The number of anilines is 1. The van der Waals surface area contributed by atoms with E-state index < -0.39 is 5.82 Å². The minimum atomic E-state index is -0.520. The Morgan fingerprint density at radius 1 is 1.17 bits per heavy atom. The molecule has 4 rings (SSSR count). The van der Waals surface area contributed by atoms with Crippen molar-refractivity contribution in [1.29, 1.82) is 0 Å². The maximum atomic E-state index is 14.5. The molecule has 0 fully saturated rings. The highest BCUT2D eigenvalue weighted by Gasteiger charge is 2.19. The molecule has 0 spiro atoms. The molecular formula is C22H21ClFN3O3. The predicted molar refractivity (Wildman–Crippen MR) is 113 cm³/mol. The first-order valence-electron chi connectivity index (χ1n) is 9.65. The number of aryl methyl sites for hydroxylation is 1. The summed E-state index contributed by atoms with van der Waals surface area (Å²) < 4.78 is 27.4. The lowest BCUT2D eigenvalue weighted by Gasteiger charge is -2.13. The molecule has 2 aromatic carbocycles. The highest BCUT2D eigenvalue weighted by Crippen LogP contribution is 2.29. The van der Waals surface area contributed by atoms with Crippen LogP contribution in [0.4, 0.5) is 10.2 Å². The van der Waals surface area contributed by atoms with Gasteiger partial charge in [0.2, 0.25) is 5.88 Å². The Kier molecular flexibility index (Phi) is 5.63. The van der Waals surface area contributed by atoms with Crippen molar-refractivity contribution in [2.45, 2.75) is 26.5 Å². The number of benzene rings is 2. The van der Waals surface area contributed by atoms with Crippen LogP contribution in [0, 0.1) is 5.82 Å². The highest BCUT2D eigenvalue weighted by molar-refractivity contribution is 6.31. The Morgan fingerprint density at radius 3 is 2.73 bits per heavy atom. The van der Waals surface area contributed by atoms with Gasteiger partial charge in [0.05, 0.1) is 0 Å². The van der Waals surface area contributed by atoms with Gasteiger partial charge in [-0.15, -0.1) is 0 Å². The summed E-state index contributed by atoms with van der Waals surface area (Å²) in [7, 11) is 1.90. The number of hydrogen-bond donors (Lipinski definition) is 0. The minimum absolute atomic E-state index is 0.0772. The van der Waals surface area contributed by atoms with Gasteiger partial charge in [-0.05, 0) is 41.8 Å². The summed E-state index contributed by atoms with van der Waals surface area (Å²) in [4.78, 5) is 18.0. The largest absolute Gasteiger partial charge is 0.473 e. The minimum Gasteiger partial charge on any atom is -0.473 e. The van der Waals surface area contributed by atoms with Crippen LogP contribution in [0.3, 0.4) is 0 Å². The molecule has 3 aromatic rings. The van der Waals surface area contributed by atoms with E-state index in [1.165, 1.54) is 12.1 Å². The van der Waals surface area contributed by atoms with E-state index >= 15 is 0 Å². The Morgan fingerprint density at radius 2 is 2.00 bits per heavy atom. The van der Waals surface area contributed by atoms with Gasteiger partial charge in [-0.2, -0.15) is 4.98 Å². The zero-order valence-electron chi connectivity index (χ0n) is 16.7. The molecule has 1 aromatic heterocycles. The van der Waals surface area contributed by atoms with Crippen molar-refractivity contribution in [3.8, 4) is 17.4 Å². The van der Waals surface area contributed by atoms with Gasteiger partial charge in [0.25, 0.3) is 0 Å². The van der Waals surface area contributed by atoms with E-state index in [1.807, 2.05) is 24.9 Å². The molecule has 8 heteroatoms. The Bertz CT molecular complexity index is 1150. The molecule has 2 heterocycles. The van der Waals surface area contributed by atoms with Crippen LogP contribution in [0.5, 0.6) is 17.4 Å². The summed E-state index contributed by atoms with van der Waals surface area (Å²) in [5, 5.41) is 0.587. The fourth-order valence-corrected chi connectivity index (χ4v) is 3.62. The quantitative estimate of drug-likeness (QED) is 0.580. The van der Waals surface area contributed by atoms with Gasteiger partial charge in [0, 0.05) is 31.2 Å². The number of halogens is 2. The smallest absolute Gasteiger partial charge is 0.352 e. The maximum absolute atomic E-state index is 14.5. The van der Waals surface area contributed by atoms with Crippen molar-refractivity contribution in [3.63, 3.8) is 0 Å². The van der Waals surface area contributed by atoms with E-state index in [4.69, 9.17) is 21.1 Å². The van der Waals surface area contributed by atoms with Crippen LogP contribution in [0.1, 0.15) is 18.1 Å². The molecule has 0 radical (unpaired) electrons. The number of likely N-dealkylation sites (N-methyl/N-ethyl adjacent to an activating group) is 1. The summed E-state index contributed by atoms with van der Waals surface area (Å²) in [6.07, 6.45) is 0.810. The fourth-order valence-electron chi connectivity index (χ4n) is 3.32. The predicted octanol–water partition coefficient (Wildman–Crippen LogP) is 4.42. The Labute approximate surface area is 178 Å². The standard InChI is InChI=1S/C22H21ClFN3O3/c1-3-15-5-6-16(11-17(15)23)30-19-7-4-14(10-18(19)24)13-29-20-12-21-26(2)8-9-27(21)22(28)25-20/h4-7,10-12H,3,8-9,13H2,1-2H3. The van der Waals surface area contributed by atoms with Gasteiger partial charge in [-0.1, -0.05) is 30.7 Å². The van der Waals surface area contributed by atoms with Gasteiger partial charge in [0.15, 0.2) is 11.6 Å². The molecule has 0 saturated heterocycles. The van der Waals surface area contributed by atoms with Crippen molar-refractivity contribution >= 4 is 17.4 Å². The van der Waals surface area contributed by atoms with Crippen molar-refractivity contribution < 1.29 is 13.9 Å². The second-order valence-electron chi connectivity index (χ2n) is 7.07. The summed E-state index contributed by atoms with van der Waals surface area (Å²) in [6, 6.07) is 11.6. The van der Waals surface area contributed by atoms with Gasteiger partial charge in [0.1, 0.15) is 18.2 Å². The van der Waals surface area contributed by atoms with Crippen LogP contribution in [-0.2, 0) is 19.6 Å². The van der Waals surface area contributed by atoms with Gasteiger partial charge >= 0.3 is 5.69 Å². The SMILES string of the molecule is CCc1ccc(Oc2ccc(COc3cc4n(c(=O)n3)CCN4C)cc2F)cc1Cl. The first-order valence-corrected chi connectivity index (χ1v) is 10.0. The molecule has 1 aliphatic rings. The first-order chi connectivity index (χ1) is 14.4. The third kappa shape index (κ3) is 4.11. The van der Waals surface area contributed by atoms with Crippen molar-refractivity contribution in [2.24, 2.45) is 0 Å². The third-order valence-corrected chi connectivity index (χ3v) is 5.38. The second kappa shape index (κ2) is 8.36. The summed E-state index contributed by atoms with van der Waals surface area (Å²) in [6.45, 7) is 3.44. The monoisotopic (exact) mass is 429 g/mol. The van der Waals surface area contributed by atoms with Crippen LogP contribution < -0.4 is 20.1 Å². The van der Waals surface area contributed by atoms with E-state index in [0.29, 0.717) is 22.9 Å². The van der Waals surface area contributed by atoms with Crippen molar-refractivity contribution in [1.82, 2.24) is 9.55 Å². The number of aromatic nitrogens is 2. The summed E-state index contributed by atoms with van der Waals surface area (Å²) >= 11 is 6.19. The number of rotatable bonds is 6. The van der Waals surface area contributed by atoms with E-state index in [0.717, 1.165) is 24.3 Å². The van der Waals surface area contributed by atoms with E-state index in [-0.39, 0.29) is 23.9 Å². The molecule has 0 N–H and O–H groups in total. The summed E-state index contributed by atoms with van der Waals surface area (Å²) in [5.41, 5.74) is 1.24. The topological polar surface area (TPSA) is 56.6 Å². The third-order valence-electron chi connectivity index (χ3n) is 5.03. The molecule has 1 aliphatic heterocycles. The lowest BCUT2D eigenvalue weighted by molar-refractivity contribution is 0.290. The van der Waals surface area contributed by atoms with Crippen LogP contribution in [0.2, 0.25) is 5.02 Å². The molecule has 0 amide bonds. The molecule has 0 aliphatic carbocycles. The maximum Gasteiger partial charge on any atom is 0.352 e. The Hall–Kier alpha value is -3.06. The van der Waals surface area contributed by atoms with Crippen LogP contribution in [-0.4, -0.2) is 23.1 Å². The lowest BCUT2D eigenvalue weighted by atomic mass is 10.1. The van der Waals surface area contributed by atoms with Gasteiger partial charge in [-0.25, -0.2) is 9.18 Å². The molecule has 0 unspecified atom stereocenters. The average Bonchev–Trinajstić information content (AvgIpc) is 3.10. The number of hydrogen-bond acceptors (Lipinski definition) is 5.